The van der Waals surface area contributed by atoms with Gasteiger partial charge in [0.2, 0.25) is 0 Å². The van der Waals surface area contributed by atoms with Crippen molar-refractivity contribution in [3.63, 3.8) is 0 Å². The number of ether oxygens (including phenoxy) is 1. The molecule has 8 rings (SSSR count). The molecule has 0 saturated heterocycles. The number of nitrogens with zero attached hydrogens (tertiary/aromatic N) is 1. The van der Waals surface area contributed by atoms with Crippen molar-refractivity contribution in [1.82, 2.24) is 4.57 Å². The molecule has 0 saturated carbocycles. The van der Waals surface area contributed by atoms with E-state index in [0.717, 1.165) is 5.75 Å². The molecule has 2 aliphatic rings. The molecule has 1 aliphatic carbocycles. The van der Waals surface area contributed by atoms with Crippen LogP contribution in [0.1, 0.15) is 17.0 Å². The summed E-state index contributed by atoms with van der Waals surface area (Å²) in [6, 6.07) is 29.0. The highest BCUT2D eigenvalue weighted by Gasteiger charge is 2.34. The van der Waals surface area contributed by atoms with Gasteiger partial charge in [-0.3, -0.25) is 0 Å². The van der Waals surface area contributed by atoms with Gasteiger partial charge in [-0.05, 0) is 78.9 Å². The molecule has 2 unspecified atom stereocenters. The molecule has 0 radical (unpaired) electrons. The molecule has 5 aromatic carbocycles. The molecule has 6 aromatic rings. The van der Waals surface area contributed by atoms with Crippen molar-refractivity contribution < 1.29 is 4.74 Å². The Morgan fingerprint density at radius 1 is 0.771 bits per heavy atom. The van der Waals surface area contributed by atoms with Crippen LogP contribution in [-0.4, -0.2) is 10.7 Å². The number of benzene rings is 5. The highest BCUT2D eigenvalue weighted by molar-refractivity contribution is 6.24. The van der Waals surface area contributed by atoms with E-state index in [9.17, 15) is 0 Å². The number of aryl methyl sites for hydroxylation is 1. The summed E-state index contributed by atoms with van der Waals surface area (Å²) in [5.41, 5.74) is 6.31. The first-order chi connectivity index (χ1) is 17.2. The van der Waals surface area contributed by atoms with Gasteiger partial charge in [0.25, 0.3) is 0 Å². The largest absolute Gasteiger partial charge is 0.485 e. The summed E-state index contributed by atoms with van der Waals surface area (Å²) in [6.07, 6.45) is 11.2. The van der Waals surface area contributed by atoms with E-state index < -0.39 is 0 Å². The summed E-state index contributed by atoms with van der Waals surface area (Å²) in [5, 5.41) is 7.95. The van der Waals surface area contributed by atoms with Crippen molar-refractivity contribution >= 4 is 37.9 Å². The fraction of sp³-hybridized carbons (Fsp3) is 0.0909. The van der Waals surface area contributed by atoms with Crippen LogP contribution >= 0.6 is 0 Å². The summed E-state index contributed by atoms with van der Waals surface area (Å²) in [5.74, 6) is 1.21. The van der Waals surface area contributed by atoms with E-state index in [4.69, 9.17) is 4.74 Å². The quantitative estimate of drug-likeness (QED) is 0.244. The third kappa shape index (κ3) is 2.71. The number of hydrogen-bond donors (Lipinski definition) is 0. The van der Waals surface area contributed by atoms with E-state index in [1.165, 1.54) is 60.1 Å². The number of rotatable bonds is 2. The number of hydrogen-bond acceptors (Lipinski definition) is 1. The molecule has 2 nitrogen and oxygen atoms in total. The zero-order valence-electron chi connectivity index (χ0n) is 19.4. The lowest BCUT2D eigenvalue weighted by Crippen LogP contribution is -2.17. The SMILES string of the molecule is Cn1ccc(-c2ccc3c(c2)C2C=C(c4ccc5ccc6cccc7ccc4c5c67)C=CC2O3)c1. The lowest BCUT2D eigenvalue weighted by molar-refractivity contribution is 0.269. The third-order valence-electron chi connectivity index (χ3n) is 7.82. The van der Waals surface area contributed by atoms with Gasteiger partial charge in [-0.15, -0.1) is 0 Å². The van der Waals surface area contributed by atoms with E-state index in [2.05, 4.69) is 121 Å². The van der Waals surface area contributed by atoms with Gasteiger partial charge in [0.15, 0.2) is 0 Å². The minimum Gasteiger partial charge on any atom is -0.485 e. The Hall–Kier alpha value is -4.30. The molecule has 0 N–H and O–H groups in total. The van der Waals surface area contributed by atoms with Crippen LogP contribution < -0.4 is 4.74 Å². The van der Waals surface area contributed by atoms with E-state index >= 15 is 0 Å². The predicted molar refractivity (Wildman–Crippen MR) is 145 cm³/mol. The highest BCUT2D eigenvalue weighted by Crippen LogP contribution is 2.46. The molecule has 1 aromatic heterocycles. The van der Waals surface area contributed by atoms with Crippen molar-refractivity contribution in [2.24, 2.45) is 7.05 Å². The Balaban J connectivity index is 1.29. The number of aromatic nitrogens is 1. The lowest BCUT2D eigenvalue weighted by atomic mass is 9.84. The van der Waals surface area contributed by atoms with Crippen LogP contribution in [-0.2, 0) is 7.05 Å². The van der Waals surface area contributed by atoms with Gasteiger partial charge in [0.1, 0.15) is 11.9 Å². The molecule has 0 amide bonds. The van der Waals surface area contributed by atoms with Gasteiger partial charge < -0.3 is 9.30 Å². The smallest absolute Gasteiger partial charge is 0.128 e. The van der Waals surface area contributed by atoms with E-state index in [1.807, 2.05) is 0 Å². The fourth-order valence-electron chi connectivity index (χ4n) is 6.12. The molecule has 0 spiro atoms. The van der Waals surface area contributed by atoms with Crippen molar-refractivity contribution in [2.75, 3.05) is 0 Å². The topological polar surface area (TPSA) is 14.2 Å². The molecular formula is C33H23NO. The normalized spacial score (nSPS) is 18.7. The summed E-state index contributed by atoms with van der Waals surface area (Å²) >= 11 is 0. The first kappa shape index (κ1) is 19.1. The maximum Gasteiger partial charge on any atom is 0.128 e. The average Bonchev–Trinajstić information content (AvgIpc) is 3.49. The minimum absolute atomic E-state index is 0.0551. The molecule has 0 bridgehead atoms. The molecule has 2 heteroatoms. The Morgan fingerprint density at radius 2 is 1.57 bits per heavy atom. The van der Waals surface area contributed by atoms with Crippen LogP contribution in [0.25, 0.3) is 49.0 Å². The van der Waals surface area contributed by atoms with Gasteiger partial charge in [-0.25, -0.2) is 0 Å². The van der Waals surface area contributed by atoms with E-state index in [-0.39, 0.29) is 12.0 Å². The van der Waals surface area contributed by atoms with Crippen molar-refractivity contribution in [3.8, 4) is 16.9 Å². The zero-order chi connectivity index (χ0) is 23.1. The first-order valence-electron chi connectivity index (χ1n) is 12.2. The molecule has 2 heterocycles. The second-order valence-electron chi connectivity index (χ2n) is 9.88. The average molecular weight is 450 g/mol. The Bertz CT molecular complexity index is 1830. The Labute approximate surface area is 203 Å². The van der Waals surface area contributed by atoms with Crippen molar-refractivity contribution in [1.29, 1.82) is 0 Å². The lowest BCUT2D eigenvalue weighted by Gasteiger charge is -2.20. The van der Waals surface area contributed by atoms with Crippen LogP contribution in [0.2, 0.25) is 0 Å². The second-order valence-corrected chi connectivity index (χ2v) is 9.88. The van der Waals surface area contributed by atoms with Gasteiger partial charge in [0.05, 0.1) is 0 Å². The van der Waals surface area contributed by atoms with Crippen LogP contribution in [0.15, 0.2) is 109 Å². The minimum atomic E-state index is 0.0551. The Morgan fingerprint density at radius 3 is 2.40 bits per heavy atom. The number of fused-ring (bicyclic) bond motifs is 3. The fourth-order valence-corrected chi connectivity index (χ4v) is 6.12. The van der Waals surface area contributed by atoms with Crippen LogP contribution in [0.4, 0.5) is 0 Å². The first-order valence-corrected chi connectivity index (χ1v) is 12.2. The van der Waals surface area contributed by atoms with Gasteiger partial charge in [0, 0.05) is 30.9 Å². The number of allylic oxidation sites excluding steroid dienone is 2. The van der Waals surface area contributed by atoms with Crippen molar-refractivity contribution in [3.05, 3.63) is 121 Å². The standard InChI is InChI=1S/C33H23NO/c1-34-16-15-25(19-34)23-9-13-30-28(17-23)29-18-24(10-14-31(29)35-30)26-11-7-22-6-5-20-3-2-4-21-8-12-27(26)33(22)32(20)21/h2-19,29,31H,1H3. The van der Waals surface area contributed by atoms with Crippen LogP contribution in [0.5, 0.6) is 5.75 Å². The maximum absolute atomic E-state index is 6.33. The molecule has 2 atom stereocenters. The predicted octanol–water partition coefficient (Wildman–Crippen LogP) is 8.09. The molecule has 1 aliphatic heterocycles. The highest BCUT2D eigenvalue weighted by atomic mass is 16.5. The Kier molecular flexibility index (Phi) is 3.74. The zero-order valence-corrected chi connectivity index (χ0v) is 19.4. The summed E-state index contributed by atoms with van der Waals surface area (Å²) in [4.78, 5) is 0. The van der Waals surface area contributed by atoms with Gasteiger partial charge in [-0.1, -0.05) is 72.8 Å². The summed E-state index contributed by atoms with van der Waals surface area (Å²) < 4.78 is 8.43. The monoisotopic (exact) mass is 449 g/mol. The van der Waals surface area contributed by atoms with Crippen LogP contribution in [0.3, 0.4) is 0 Å². The van der Waals surface area contributed by atoms with E-state index in [1.54, 1.807) is 0 Å². The molecule has 166 valence electrons. The maximum atomic E-state index is 6.33. The molecule has 0 fully saturated rings. The van der Waals surface area contributed by atoms with Gasteiger partial charge in [-0.2, -0.15) is 0 Å². The van der Waals surface area contributed by atoms with Gasteiger partial charge >= 0.3 is 0 Å². The molecular weight excluding hydrogens is 426 g/mol. The van der Waals surface area contributed by atoms with Crippen LogP contribution in [0, 0.1) is 0 Å². The summed E-state index contributed by atoms with van der Waals surface area (Å²) in [7, 11) is 2.06. The molecule has 35 heavy (non-hydrogen) atoms. The van der Waals surface area contributed by atoms with Crippen molar-refractivity contribution in [2.45, 2.75) is 12.0 Å². The third-order valence-corrected chi connectivity index (χ3v) is 7.82. The summed E-state index contributed by atoms with van der Waals surface area (Å²) in [6.45, 7) is 0. The van der Waals surface area contributed by atoms with E-state index in [0.29, 0.717) is 0 Å². The second kappa shape index (κ2) is 6.86.